The molecule has 11 nitrogen and oxygen atoms in total. The van der Waals surface area contributed by atoms with Crippen LogP contribution in [0.5, 0.6) is 5.75 Å². The highest BCUT2D eigenvalue weighted by Gasteiger charge is 2.48. The monoisotopic (exact) mass is 697 g/mol. The molecule has 2 saturated carbocycles. The number of para-hydroxylation sites is 1. The van der Waals surface area contributed by atoms with Gasteiger partial charge in [-0.05, 0) is 92.3 Å². The number of nitrogens with zero attached hydrogens (tertiary/aromatic N) is 2. The van der Waals surface area contributed by atoms with Gasteiger partial charge in [-0.2, -0.15) is 0 Å². The van der Waals surface area contributed by atoms with Crippen molar-refractivity contribution < 1.29 is 39.8 Å². The van der Waals surface area contributed by atoms with Gasteiger partial charge in [0.25, 0.3) is 0 Å². The number of aryl methyl sites for hydroxylation is 2. The summed E-state index contributed by atoms with van der Waals surface area (Å²) in [5.41, 5.74) is 5.94. The van der Waals surface area contributed by atoms with E-state index in [4.69, 9.17) is 26.2 Å². The molecule has 1 heterocycles. The highest BCUT2D eigenvalue weighted by atomic mass is 35.5. The molecule has 2 amide bonds. The molecule has 2 fully saturated rings. The van der Waals surface area contributed by atoms with Crippen LogP contribution in [0.1, 0.15) is 60.8 Å². The number of hydrogen-bond donors (Lipinski definition) is 6. The lowest BCUT2D eigenvalue weighted by Gasteiger charge is -2.28. The second-order valence-corrected chi connectivity index (χ2v) is 13.7. The average Bonchev–Trinajstić information content (AvgIpc) is 4.05. The van der Waals surface area contributed by atoms with Gasteiger partial charge in [-0.25, -0.2) is 4.79 Å². The summed E-state index contributed by atoms with van der Waals surface area (Å²) < 4.78 is 12.9. The number of aliphatic hydroxyl groups is 5. The molecule has 0 spiro atoms. The molecule has 2 aliphatic rings. The van der Waals surface area contributed by atoms with E-state index < -0.39 is 42.7 Å². The van der Waals surface area contributed by atoms with Gasteiger partial charge in [-0.15, -0.1) is 0 Å². The van der Waals surface area contributed by atoms with Gasteiger partial charge in [-0.3, -0.25) is 4.98 Å². The van der Waals surface area contributed by atoms with Gasteiger partial charge in [0.05, 0.1) is 31.5 Å². The molecule has 5 rings (SSSR count). The first-order valence-electron chi connectivity index (χ1n) is 17.0. The van der Waals surface area contributed by atoms with Crippen molar-refractivity contribution in [2.24, 2.45) is 0 Å². The van der Waals surface area contributed by atoms with Gasteiger partial charge in [0.1, 0.15) is 30.2 Å². The number of rotatable bonds is 18. The van der Waals surface area contributed by atoms with E-state index in [1.54, 1.807) is 0 Å². The third kappa shape index (κ3) is 9.49. The van der Waals surface area contributed by atoms with Gasteiger partial charge in [0, 0.05) is 42.1 Å². The predicted molar refractivity (Wildman–Crippen MR) is 185 cm³/mol. The van der Waals surface area contributed by atoms with Crippen molar-refractivity contribution in [3.8, 4) is 16.9 Å². The van der Waals surface area contributed by atoms with E-state index in [1.165, 1.54) is 11.9 Å². The number of benzene rings is 2. The quantitative estimate of drug-likeness (QED) is 0.108. The van der Waals surface area contributed by atoms with Crippen molar-refractivity contribution in [3.63, 3.8) is 0 Å². The largest absolute Gasteiger partial charge is 0.490 e. The van der Waals surface area contributed by atoms with Crippen LogP contribution in [0.2, 0.25) is 5.02 Å². The molecular weight excluding hydrogens is 650 g/mol. The summed E-state index contributed by atoms with van der Waals surface area (Å²) in [6.07, 6.45) is 3.72. The van der Waals surface area contributed by atoms with Crippen molar-refractivity contribution in [3.05, 3.63) is 82.1 Å². The zero-order valence-corrected chi connectivity index (χ0v) is 28.9. The molecule has 266 valence electrons. The van der Waals surface area contributed by atoms with Crippen LogP contribution in [0, 0.1) is 6.92 Å². The van der Waals surface area contributed by atoms with Crippen LogP contribution in [-0.2, 0) is 23.4 Å². The molecule has 0 radical (unpaired) electrons. The van der Waals surface area contributed by atoms with E-state index in [0.29, 0.717) is 30.7 Å². The van der Waals surface area contributed by atoms with E-state index >= 15 is 0 Å². The Hall–Kier alpha value is -3.29. The Balaban J connectivity index is 1.10. The molecule has 3 aromatic rings. The number of amides is 2. The first-order valence-corrected chi connectivity index (χ1v) is 17.3. The van der Waals surface area contributed by atoms with Crippen LogP contribution in [0.15, 0.2) is 54.9 Å². The number of urea groups is 1. The number of aliphatic hydroxyl groups excluding tert-OH is 5. The maximum Gasteiger partial charge on any atom is 0.317 e. The average molecular weight is 698 g/mol. The van der Waals surface area contributed by atoms with Crippen LogP contribution in [0.25, 0.3) is 11.1 Å². The van der Waals surface area contributed by atoms with Crippen LogP contribution in [-0.4, -0.2) is 98.7 Å². The van der Waals surface area contributed by atoms with E-state index in [2.05, 4.69) is 29.4 Å². The minimum atomic E-state index is -1.74. The number of aromatic nitrogens is 1. The fraction of sp³-hybridized carbons (Fsp3) is 0.514. The molecule has 0 bridgehead atoms. The Morgan fingerprint density at radius 3 is 2.49 bits per heavy atom. The summed E-state index contributed by atoms with van der Waals surface area (Å²) >= 11 is 6.77. The summed E-state index contributed by atoms with van der Waals surface area (Å²) in [7, 11) is 1.45. The first-order chi connectivity index (χ1) is 23.5. The van der Waals surface area contributed by atoms with Crippen LogP contribution in [0.3, 0.4) is 0 Å². The van der Waals surface area contributed by atoms with E-state index in [1.807, 2.05) is 42.7 Å². The SMILES string of the molecule is Cc1cc(COC2(c3cnccc3-c3ccccc3OC3CC3)CC2)c(Cl)cc1CCCCNC(=O)N(C)C[C@H](O)[C@@H](O)[C@H](O)[C@H](O)CO. The number of hydrogen-bond acceptors (Lipinski definition) is 9. The molecule has 0 saturated heterocycles. The number of nitrogens with one attached hydrogen (secondary N) is 1. The van der Waals surface area contributed by atoms with E-state index in [9.17, 15) is 25.2 Å². The lowest BCUT2D eigenvalue weighted by Crippen LogP contribution is -2.51. The Labute approximate surface area is 292 Å². The standard InChI is InChI=1S/C37H48ClN3O8/c1-23-17-25(22-48-37(13-14-37)29-19-39-16-12-27(29)28-8-3-4-9-33(28)49-26-10-11-26)30(38)18-24(23)7-5-6-15-40-36(47)41(2)20-31(43)34(45)35(46)32(44)21-42/h3-4,8-9,12,16-19,26,31-32,34-35,42-46H,5-7,10-11,13-15,20-22H2,1-2H3,(H,40,47)/t31-,32+,34+,35+/m0/s1. The van der Waals surface area contributed by atoms with Gasteiger partial charge in [0.2, 0.25) is 0 Å². The minimum Gasteiger partial charge on any atom is -0.490 e. The van der Waals surface area contributed by atoms with E-state index in [0.717, 1.165) is 77.7 Å². The van der Waals surface area contributed by atoms with Crippen molar-refractivity contribution >= 4 is 17.6 Å². The molecule has 1 aromatic heterocycles. The number of halogens is 1. The topological polar surface area (TPSA) is 165 Å². The zero-order valence-electron chi connectivity index (χ0n) is 28.1. The summed E-state index contributed by atoms with van der Waals surface area (Å²) in [6, 6.07) is 13.8. The van der Waals surface area contributed by atoms with Crippen molar-refractivity contribution in [2.45, 2.75) is 94.6 Å². The second kappa shape index (κ2) is 16.6. The van der Waals surface area contributed by atoms with Gasteiger partial charge < -0.3 is 45.2 Å². The number of carbonyl (C=O) groups excluding carboxylic acids is 1. The smallest absolute Gasteiger partial charge is 0.317 e. The fourth-order valence-corrected chi connectivity index (χ4v) is 6.18. The molecule has 2 aliphatic carbocycles. The van der Waals surface area contributed by atoms with Crippen molar-refractivity contribution in [1.29, 1.82) is 0 Å². The second-order valence-electron chi connectivity index (χ2n) is 13.3. The number of likely N-dealkylation sites (N-methyl/N-ethyl adjacent to an activating group) is 1. The van der Waals surface area contributed by atoms with Crippen LogP contribution >= 0.6 is 11.6 Å². The summed E-state index contributed by atoms with van der Waals surface area (Å²) in [6.45, 7) is 1.80. The van der Waals surface area contributed by atoms with Crippen LogP contribution in [0.4, 0.5) is 4.79 Å². The minimum absolute atomic E-state index is 0.274. The number of pyridine rings is 1. The Bertz CT molecular complexity index is 1570. The lowest BCUT2D eigenvalue weighted by atomic mass is 9.96. The third-order valence-corrected chi connectivity index (χ3v) is 9.65. The predicted octanol–water partition coefficient (Wildman–Crippen LogP) is 3.86. The van der Waals surface area contributed by atoms with Gasteiger partial charge >= 0.3 is 6.03 Å². The van der Waals surface area contributed by atoms with Gasteiger partial charge in [0.15, 0.2) is 0 Å². The normalized spacial score (nSPS) is 17.6. The fourth-order valence-electron chi connectivity index (χ4n) is 5.94. The molecule has 12 heteroatoms. The molecule has 0 unspecified atom stereocenters. The Morgan fingerprint density at radius 2 is 1.78 bits per heavy atom. The van der Waals surface area contributed by atoms with E-state index in [-0.39, 0.29) is 6.54 Å². The highest BCUT2D eigenvalue weighted by molar-refractivity contribution is 6.31. The molecule has 0 aliphatic heterocycles. The molecule has 49 heavy (non-hydrogen) atoms. The number of unbranched alkanes of at least 4 members (excludes halogenated alkanes) is 1. The number of ether oxygens (including phenoxy) is 2. The van der Waals surface area contributed by atoms with Crippen LogP contribution < -0.4 is 10.1 Å². The van der Waals surface area contributed by atoms with Crippen molar-refractivity contribution in [1.82, 2.24) is 15.2 Å². The Kier molecular flexibility index (Phi) is 12.5. The molecule has 4 atom stereocenters. The summed E-state index contributed by atoms with van der Waals surface area (Å²) in [4.78, 5) is 18.1. The third-order valence-electron chi connectivity index (χ3n) is 9.30. The molecule has 2 aromatic carbocycles. The zero-order chi connectivity index (χ0) is 35.1. The summed E-state index contributed by atoms with van der Waals surface area (Å²) in [5, 5.41) is 51.7. The maximum absolute atomic E-state index is 12.4. The van der Waals surface area contributed by atoms with Gasteiger partial charge in [-0.1, -0.05) is 35.9 Å². The van der Waals surface area contributed by atoms with Crippen molar-refractivity contribution in [2.75, 3.05) is 26.7 Å². The summed E-state index contributed by atoms with van der Waals surface area (Å²) in [5.74, 6) is 0.891. The lowest BCUT2D eigenvalue weighted by molar-refractivity contribution is -0.117. The first kappa shape index (κ1) is 37.0. The molecular formula is C37H48ClN3O8. The maximum atomic E-state index is 12.4. The Morgan fingerprint density at radius 1 is 1.04 bits per heavy atom. The highest BCUT2D eigenvalue weighted by Crippen LogP contribution is 2.53. The number of carbonyl (C=O) groups is 1. The molecule has 6 N–H and O–H groups in total.